The van der Waals surface area contributed by atoms with E-state index in [1.165, 1.54) is 23.5 Å². The van der Waals surface area contributed by atoms with E-state index in [-0.39, 0.29) is 12.3 Å². The van der Waals surface area contributed by atoms with Crippen molar-refractivity contribution in [2.24, 2.45) is 4.99 Å². The van der Waals surface area contributed by atoms with E-state index in [1.54, 1.807) is 24.3 Å². The molecule has 28 heavy (non-hydrogen) atoms. The maximum absolute atomic E-state index is 12.2. The molecule has 1 atom stereocenters. The zero-order chi connectivity index (χ0) is 20.6. The van der Waals surface area contributed by atoms with Crippen molar-refractivity contribution in [1.29, 1.82) is 0 Å². The van der Waals surface area contributed by atoms with E-state index < -0.39 is 18.9 Å². The quantitative estimate of drug-likeness (QED) is 0.431. The summed E-state index contributed by atoms with van der Waals surface area (Å²) in [6.07, 6.45) is -5.08. The zero-order valence-corrected chi connectivity index (χ0v) is 16.7. The molecular weight excluding hydrogens is 415 g/mol. The van der Waals surface area contributed by atoms with Gasteiger partial charge in [0.2, 0.25) is 0 Å². The number of aliphatic hydroxyl groups is 1. The first-order chi connectivity index (χ1) is 13.3. The molecule has 0 radical (unpaired) electrons. The Labute approximate surface area is 170 Å². The van der Waals surface area contributed by atoms with Crippen LogP contribution in [-0.2, 0) is 6.54 Å². The largest absolute Gasteiger partial charge is 0.484 e. The Bertz CT molecular complexity index is 766. The third kappa shape index (κ3) is 7.95. The van der Waals surface area contributed by atoms with Gasteiger partial charge in [0.25, 0.3) is 0 Å². The molecule has 154 valence electrons. The maximum atomic E-state index is 12.2. The predicted molar refractivity (Wildman–Crippen MR) is 105 cm³/mol. The highest BCUT2D eigenvalue weighted by Crippen LogP contribution is 2.26. The molecule has 3 N–H and O–H groups in total. The van der Waals surface area contributed by atoms with Crippen LogP contribution in [0.1, 0.15) is 23.5 Å². The van der Waals surface area contributed by atoms with E-state index in [2.05, 4.69) is 20.4 Å². The molecule has 0 aliphatic heterocycles. The summed E-state index contributed by atoms with van der Waals surface area (Å²) in [5.41, 5.74) is 0.808. The van der Waals surface area contributed by atoms with Crippen molar-refractivity contribution in [3.8, 4) is 5.75 Å². The van der Waals surface area contributed by atoms with Gasteiger partial charge in [0.1, 0.15) is 11.9 Å². The number of rotatable bonds is 8. The summed E-state index contributed by atoms with van der Waals surface area (Å²) in [6, 6.07) is 9.75. The standard InChI is InChI=1S/C18H21ClF3N3O2S/c1-2-23-17(25-10-14(26)15-7-8-16(19)28-15)24-9-12-3-5-13(6-4-12)27-11-18(20,21)22/h3-8,14,26H,2,9-11H2,1H3,(H2,23,24,25). The van der Waals surface area contributed by atoms with Crippen molar-refractivity contribution < 1.29 is 23.0 Å². The van der Waals surface area contributed by atoms with E-state index in [0.29, 0.717) is 23.4 Å². The van der Waals surface area contributed by atoms with Crippen molar-refractivity contribution in [2.45, 2.75) is 25.7 Å². The van der Waals surface area contributed by atoms with E-state index in [9.17, 15) is 18.3 Å². The van der Waals surface area contributed by atoms with Crippen molar-refractivity contribution in [1.82, 2.24) is 10.6 Å². The lowest BCUT2D eigenvalue weighted by molar-refractivity contribution is -0.153. The molecule has 1 unspecified atom stereocenters. The Balaban J connectivity index is 1.89. The van der Waals surface area contributed by atoms with Crippen LogP contribution < -0.4 is 15.4 Å². The monoisotopic (exact) mass is 435 g/mol. The number of nitrogens with zero attached hydrogens (tertiary/aromatic N) is 1. The number of hydrogen-bond acceptors (Lipinski definition) is 4. The molecule has 0 saturated carbocycles. The summed E-state index contributed by atoms with van der Waals surface area (Å²) in [7, 11) is 0. The van der Waals surface area contributed by atoms with Crippen LogP contribution in [0, 0.1) is 0 Å². The summed E-state index contributed by atoms with van der Waals surface area (Å²) in [5, 5.41) is 16.3. The SMILES string of the molecule is CCNC(=NCc1ccc(OCC(F)(F)F)cc1)NCC(O)c1ccc(Cl)s1. The molecule has 0 fully saturated rings. The van der Waals surface area contributed by atoms with Gasteiger partial charge >= 0.3 is 6.18 Å². The molecule has 1 heterocycles. The Morgan fingerprint density at radius 3 is 2.50 bits per heavy atom. The lowest BCUT2D eigenvalue weighted by atomic mass is 10.2. The van der Waals surface area contributed by atoms with Crippen molar-refractivity contribution in [2.75, 3.05) is 19.7 Å². The van der Waals surface area contributed by atoms with Crippen molar-refractivity contribution >= 4 is 28.9 Å². The van der Waals surface area contributed by atoms with Crippen LogP contribution in [0.2, 0.25) is 4.34 Å². The van der Waals surface area contributed by atoms with E-state index in [4.69, 9.17) is 11.6 Å². The third-order valence-corrected chi connectivity index (χ3v) is 4.81. The number of ether oxygens (including phenoxy) is 1. The molecule has 1 aromatic heterocycles. The number of thiophene rings is 1. The Hall–Kier alpha value is -1.97. The number of aliphatic hydroxyl groups excluding tert-OH is 1. The lowest BCUT2D eigenvalue weighted by Gasteiger charge is -2.14. The number of aliphatic imine (C=N–C) groups is 1. The summed E-state index contributed by atoms with van der Waals surface area (Å²) in [4.78, 5) is 5.16. The van der Waals surface area contributed by atoms with E-state index in [0.717, 1.165) is 10.4 Å². The van der Waals surface area contributed by atoms with Crippen LogP contribution >= 0.6 is 22.9 Å². The minimum Gasteiger partial charge on any atom is -0.484 e. The molecule has 0 bridgehead atoms. The van der Waals surface area contributed by atoms with Gasteiger partial charge in [-0.15, -0.1) is 11.3 Å². The average Bonchev–Trinajstić information content (AvgIpc) is 3.09. The Morgan fingerprint density at radius 2 is 1.93 bits per heavy atom. The summed E-state index contributed by atoms with van der Waals surface area (Å²) >= 11 is 7.18. The molecular formula is C18H21ClF3N3O2S. The number of benzene rings is 1. The van der Waals surface area contributed by atoms with Gasteiger partial charge < -0.3 is 20.5 Å². The van der Waals surface area contributed by atoms with Crippen molar-refractivity contribution in [3.05, 3.63) is 51.2 Å². The zero-order valence-electron chi connectivity index (χ0n) is 15.1. The topological polar surface area (TPSA) is 65.9 Å². The van der Waals surface area contributed by atoms with E-state index >= 15 is 0 Å². The number of alkyl halides is 3. The van der Waals surface area contributed by atoms with Crippen LogP contribution in [0.25, 0.3) is 0 Å². The van der Waals surface area contributed by atoms with Crippen LogP contribution in [-0.4, -0.2) is 36.9 Å². The number of guanidine groups is 1. The third-order valence-electron chi connectivity index (χ3n) is 3.48. The van der Waals surface area contributed by atoms with Crippen LogP contribution in [0.15, 0.2) is 41.4 Å². The molecule has 10 heteroatoms. The first-order valence-electron chi connectivity index (χ1n) is 8.51. The highest BCUT2D eigenvalue weighted by molar-refractivity contribution is 7.16. The second-order valence-electron chi connectivity index (χ2n) is 5.78. The Morgan fingerprint density at radius 1 is 1.21 bits per heavy atom. The highest BCUT2D eigenvalue weighted by Gasteiger charge is 2.28. The molecule has 0 aliphatic rings. The number of hydrogen-bond donors (Lipinski definition) is 3. The highest BCUT2D eigenvalue weighted by atomic mass is 35.5. The summed E-state index contributed by atoms with van der Waals surface area (Å²) < 4.78 is 41.8. The normalized spacial score (nSPS) is 13.3. The second-order valence-corrected chi connectivity index (χ2v) is 7.53. The second kappa shape index (κ2) is 10.5. The van der Waals surface area contributed by atoms with Crippen LogP contribution in [0.4, 0.5) is 13.2 Å². The van der Waals surface area contributed by atoms with Gasteiger partial charge in [0.15, 0.2) is 12.6 Å². The number of nitrogens with one attached hydrogen (secondary N) is 2. The fraction of sp³-hybridized carbons (Fsp3) is 0.389. The molecule has 0 aliphatic carbocycles. The van der Waals surface area contributed by atoms with Gasteiger partial charge in [-0.2, -0.15) is 13.2 Å². The van der Waals surface area contributed by atoms with Crippen molar-refractivity contribution in [3.63, 3.8) is 0 Å². The van der Waals surface area contributed by atoms with Crippen LogP contribution in [0.5, 0.6) is 5.75 Å². The molecule has 0 saturated heterocycles. The smallest absolute Gasteiger partial charge is 0.422 e. The minimum atomic E-state index is -4.37. The summed E-state index contributed by atoms with van der Waals surface area (Å²) in [5.74, 6) is 0.661. The van der Waals surface area contributed by atoms with E-state index in [1.807, 2.05) is 6.92 Å². The molecule has 5 nitrogen and oxygen atoms in total. The molecule has 2 rings (SSSR count). The average molecular weight is 436 g/mol. The molecule has 0 spiro atoms. The van der Waals surface area contributed by atoms with Gasteiger partial charge in [-0.3, -0.25) is 0 Å². The van der Waals surface area contributed by atoms with Crippen LogP contribution in [0.3, 0.4) is 0 Å². The predicted octanol–water partition coefficient (Wildman–Crippen LogP) is 4.13. The first kappa shape index (κ1) is 22.3. The van der Waals surface area contributed by atoms with Gasteiger partial charge in [-0.05, 0) is 36.8 Å². The van der Waals surface area contributed by atoms with Gasteiger partial charge in [-0.1, -0.05) is 23.7 Å². The minimum absolute atomic E-state index is 0.146. The molecule has 0 amide bonds. The summed E-state index contributed by atoms with van der Waals surface area (Å²) in [6.45, 7) is 1.80. The van der Waals surface area contributed by atoms with Gasteiger partial charge in [0, 0.05) is 18.0 Å². The first-order valence-corrected chi connectivity index (χ1v) is 9.70. The number of halogens is 4. The maximum Gasteiger partial charge on any atom is 0.422 e. The Kier molecular flexibility index (Phi) is 8.40. The fourth-order valence-corrected chi connectivity index (χ4v) is 3.22. The fourth-order valence-electron chi connectivity index (χ4n) is 2.17. The molecule has 1 aromatic carbocycles. The molecule has 2 aromatic rings. The lowest BCUT2D eigenvalue weighted by Crippen LogP contribution is -2.39. The van der Waals surface area contributed by atoms with Gasteiger partial charge in [-0.25, -0.2) is 4.99 Å². The van der Waals surface area contributed by atoms with Gasteiger partial charge in [0.05, 0.1) is 10.9 Å².